The van der Waals surface area contributed by atoms with Gasteiger partial charge in [-0.1, -0.05) is 23.7 Å². The Bertz CT molecular complexity index is 602. The van der Waals surface area contributed by atoms with E-state index in [0.29, 0.717) is 23.1 Å². The van der Waals surface area contributed by atoms with Crippen LogP contribution in [0.25, 0.3) is 0 Å². The van der Waals surface area contributed by atoms with E-state index in [-0.39, 0.29) is 5.91 Å². The first kappa shape index (κ1) is 14.9. The second-order valence-corrected chi connectivity index (χ2v) is 5.73. The Morgan fingerprint density at radius 2 is 2.20 bits per heavy atom. The summed E-state index contributed by atoms with van der Waals surface area (Å²) >= 11 is 7.48. The number of halogens is 1. The van der Waals surface area contributed by atoms with Gasteiger partial charge in [0.05, 0.1) is 17.3 Å². The van der Waals surface area contributed by atoms with Gasteiger partial charge in [-0.25, -0.2) is 4.98 Å². The van der Waals surface area contributed by atoms with Gasteiger partial charge in [0.25, 0.3) is 0 Å². The molecule has 0 spiro atoms. The first-order valence-corrected chi connectivity index (χ1v) is 7.42. The molecule has 1 aromatic carbocycles. The maximum absolute atomic E-state index is 12.0. The number of aromatic nitrogens is 3. The summed E-state index contributed by atoms with van der Waals surface area (Å²) in [5.74, 6) is 1.70. The lowest BCUT2D eigenvalue weighted by Crippen LogP contribution is -2.28. The van der Waals surface area contributed by atoms with E-state index in [9.17, 15) is 4.79 Å². The molecule has 20 heavy (non-hydrogen) atoms. The largest absolute Gasteiger partial charge is 0.337 e. The predicted octanol–water partition coefficient (Wildman–Crippen LogP) is 2.52. The monoisotopic (exact) mass is 310 g/mol. The van der Waals surface area contributed by atoms with Crippen LogP contribution in [0.5, 0.6) is 0 Å². The number of benzene rings is 1. The number of carbonyl (C=O) groups excluding carboxylic acids is 1. The van der Waals surface area contributed by atoms with Gasteiger partial charge in [-0.15, -0.1) is 11.8 Å². The number of aryl methyl sites for hydroxylation is 1. The van der Waals surface area contributed by atoms with Crippen LogP contribution in [0.4, 0.5) is 0 Å². The van der Waals surface area contributed by atoms with E-state index in [1.54, 1.807) is 11.9 Å². The first-order valence-electron chi connectivity index (χ1n) is 6.05. The Balaban J connectivity index is 1.87. The molecule has 0 unspecified atom stereocenters. The summed E-state index contributed by atoms with van der Waals surface area (Å²) < 4.78 is 0. The van der Waals surface area contributed by atoms with Crippen molar-refractivity contribution in [3.05, 3.63) is 40.9 Å². The minimum atomic E-state index is 0.0115. The fraction of sp³-hybridized carbons (Fsp3) is 0.308. The Morgan fingerprint density at radius 1 is 1.45 bits per heavy atom. The Morgan fingerprint density at radius 3 is 2.85 bits per heavy atom. The van der Waals surface area contributed by atoms with Gasteiger partial charge in [0.15, 0.2) is 5.82 Å². The molecule has 1 N–H and O–H groups in total. The minimum Gasteiger partial charge on any atom is -0.337 e. The van der Waals surface area contributed by atoms with Crippen molar-refractivity contribution in [2.45, 2.75) is 18.4 Å². The van der Waals surface area contributed by atoms with E-state index in [0.717, 1.165) is 10.7 Å². The van der Waals surface area contributed by atoms with Gasteiger partial charge in [0.1, 0.15) is 5.82 Å². The fourth-order valence-corrected chi connectivity index (χ4v) is 2.75. The van der Waals surface area contributed by atoms with Crippen LogP contribution < -0.4 is 0 Å². The summed E-state index contributed by atoms with van der Waals surface area (Å²) in [7, 11) is 1.74. The number of amides is 1. The van der Waals surface area contributed by atoms with Gasteiger partial charge < -0.3 is 4.90 Å². The van der Waals surface area contributed by atoms with Crippen molar-refractivity contribution in [1.82, 2.24) is 20.1 Å². The lowest BCUT2D eigenvalue weighted by Gasteiger charge is -2.15. The molecular weight excluding hydrogens is 296 g/mol. The molecule has 1 amide bonds. The molecule has 106 valence electrons. The van der Waals surface area contributed by atoms with Crippen molar-refractivity contribution in [1.29, 1.82) is 0 Å². The van der Waals surface area contributed by atoms with Crippen molar-refractivity contribution in [2.24, 2.45) is 0 Å². The van der Waals surface area contributed by atoms with E-state index in [1.807, 2.05) is 31.2 Å². The molecule has 0 atom stereocenters. The molecule has 0 radical (unpaired) electrons. The number of nitrogens with zero attached hydrogens (tertiary/aromatic N) is 3. The molecule has 1 aromatic heterocycles. The van der Waals surface area contributed by atoms with Crippen LogP contribution >= 0.6 is 23.4 Å². The van der Waals surface area contributed by atoms with Crippen LogP contribution in [0, 0.1) is 6.92 Å². The third-order valence-electron chi connectivity index (χ3n) is 2.64. The van der Waals surface area contributed by atoms with Crippen LogP contribution in [0.3, 0.4) is 0 Å². The molecule has 0 saturated heterocycles. The third-order valence-corrected chi connectivity index (χ3v) is 4.14. The topological polar surface area (TPSA) is 61.9 Å². The summed E-state index contributed by atoms with van der Waals surface area (Å²) in [5.41, 5.74) is 0. The van der Waals surface area contributed by atoms with Crippen molar-refractivity contribution < 1.29 is 4.79 Å². The van der Waals surface area contributed by atoms with Gasteiger partial charge in [-0.2, -0.15) is 5.10 Å². The molecule has 2 aromatic rings. The van der Waals surface area contributed by atoms with Crippen LogP contribution in [0.15, 0.2) is 29.2 Å². The number of aromatic amines is 1. The molecule has 5 nitrogen and oxygen atoms in total. The number of carbonyl (C=O) groups is 1. The van der Waals surface area contributed by atoms with Crippen LogP contribution in [0.2, 0.25) is 5.02 Å². The number of hydrogen-bond donors (Lipinski definition) is 1. The van der Waals surface area contributed by atoms with Crippen LogP contribution in [-0.2, 0) is 11.3 Å². The van der Waals surface area contributed by atoms with Crippen molar-refractivity contribution in [2.75, 3.05) is 12.8 Å². The van der Waals surface area contributed by atoms with Gasteiger partial charge in [0, 0.05) is 11.9 Å². The summed E-state index contributed by atoms with van der Waals surface area (Å²) in [6.45, 7) is 2.22. The Kier molecular flexibility index (Phi) is 5.03. The summed E-state index contributed by atoms with van der Waals surface area (Å²) in [4.78, 5) is 18.7. The number of hydrogen-bond acceptors (Lipinski definition) is 4. The summed E-state index contributed by atoms with van der Waals surface area (Å²) in [5, 5.41) is 7.43. The molecule has 0 bridgehead atoms. The fourth-order valence-electron chi connectivity index (χ4n) is 1.57. The smallest absolute Gasteiger partial charge is 0.233 e. The van der Waals surface area contributed by atoms with Crippen molar-refractivity contribution in [3.8, 4) is 0 Å². The lowest BCUT2D eigenvalue weighted by molar-refractivity contribution is -0.127. The van der Waals surface area contributed by atoms with Gasteiger partial charge >= 0.3 is 0 Å². The zero-order valence-corrected chi connectivity index (χ0v) is 12.8. The first-order chi connectivity index (χ1) is 9.56. The van der Waals surface area contributed by atoms with Crippen molar-refractivity contribution >= 4 is 29.3 Å². The molecular formula is C13H15ClN4OS. The summed E-state index contributed by atoms with van der Waals surface area (Å²) in [6, 6.07) is 7.48. The number of thioether (sulfide) groups is 1. The van der Waals surface area contributed by atoms with E-state index in [4.69, 9.17) is 11.6 Å². The lowest BCUT2D eigenvalue weighted by atomic mass is 10.4. The second-order valence-electron chi connectivity index (χ2n) is 4.31. The quantitative estimate of drug-likeness (QED) is 0.862. The average molecular weight is 311 g/mol. The normalized spacial score (nSPS) is 10.6. The highest BCUT2D eigenvalue weighted by atomic mass is 35.5. The number of H-pyrrole nitrogens is 1. The van der Waals surface area contributed by atoms with E-state index < -0.39 is 0 Å². The van der Waals surface area contributed by atoms with E-state index in [2.05, 4.69) is 15.2 Å². The van der Waals surface area contributed by atoms with Gasteiger partial charge in [-0.3, -0.25) is 9.89 Å². The standard InChI is InChI=1S/C13H15ClN4OS/c1-9-15-12(17-16-9)7-18(2)13(19)8-20-11-6-4-3-5-10(11)14/h3-6H,7-8H2,1-2H3,(H,15,16,17). The molecule has 0 fully saturated rings. The van der Waals surface area contributed by atoms with Crippen LogP contribution in [0.1, 0.15) is 11.6 Å². The second kappa shape index (κ2) is 6.76. The highest BCUT2D eigenvalue weighted by molar-refractivity contribution is 8.00. The zero-order valence-electron chi connectivity index (χ0n) is 11.3. The van der Waals surface area contributed by atoms with Crippen molar-refractivity contribution in [3.63, 3.8) is 0 Å². The summed E-state index contributed by atoms with van der Waals surface area (Å²) in [6.07, 6.45) is 0. The van der Waals surface area contributed by atoms with Gasteiger partial charge in [-0.05, 0) is 19.1 Å². The highest BCUT2D eigenvalue weighted by Crippen LogP contribution is 2.26. The molecule has 1 heterocycles. The van der Waals surface area contributed by atoms with Crippen LogP contribution in [-0.4, -0.2) is 38.8 Å². The maximum Gasteiger partial charge on any atom is 0.233 e. The molecule has 0 aliphatic heterocycles. The molecule has 2 rings (SSSR count). The average Bonchev–Trinajstić information content (AvgIpc) is 2.82. The third kappa shape index (κ3) is 3.98. The number of nitrogens with one attached hydrogen (secondary N) is 1. The molecule has 7 heteroatoms. The molecule has 0 aliphatic carbocycles. The van der Waals surface area contributed by atoms with E-state index in [1.165, 1.54) is 11.8 Å². The van der Waals surface area contributed by atoms with E-state index >= 15 is 0 Å². The minimum absolute atomic E-state index is 0.0115. The maximum atomic E-state index is 12.0. The number of rotatable bonds is 5. The molecule has 0 saturated carbocycles. The Labute approximate surface area is 126 Å². The SMILES string of the molecule is Cc1nc(CN(C)C(=O)CSc2ccccc2Cl)n[nH]1. The predicted molar refractivity (Wildman–Crippen MR) is 79.8 cm³/mol. The zero-order chi connectivity index (χ0) is 14.5. The molecule has 0 aliphatic rings. The highest BCUT2D eigenvalue weighted by Gasteiger charge is 2.12. The van der Waals surface area contributed by atoms with Gasteiger partial charge in [0.2, 0.25) is 5.91 Å². The Hall–Kier alpha value is -1.53.